The summed E-state index contributed by atoms with van der Waals surface area (Å²) in [7, 11) is 4.84. The number of likely N-dealkylation sites (N-methyl/N-ethyl adjacent to an activating group) is 2. The normalized spacial score (nSPS) is 17.3. The molecule has 1 unspecified atom stereocenters. The monoisotopic (exact) mass is 709 g/mol. The largest absolute Gasteiger partial charge is 0.432 e. The molecule has 2 aliphatic heterocycles. The van der Waals surface area contributed by atoms with Crippen LogP contribution in [0.2, 0.25) is 0 Å². The number of nitrogens with zero attached hydrogens (tertiary/aromatic N) is 5. The second-order valence-corrected chi connectivity index (χ2v) is 12.9. The summed E-state index contributed by atoms with van der Waals surface area (Å²) in [4.78, 5) is 47.2. The number of rotatable bonds is 19. The number of piperidine rings is 2. The highest BCUT2D eigenvalue weighted by molar-refractivity contribution is 7.97. The summed E-state index contributed by atoms with van der Waals surface area (Å²) in [5, 5.41) is 2.66. The van der Waals surface area contributed by atoms with Gasteiger partial charge in [-0.15, -0.1) is 0 Å². The number of nitrogens with one attached hydrogen (secondary N) is 1. The van der Waals surface area contributed by atoms with Crippen LogP contribution >= 0.6 is 11.9 Å². The number of anilines is 1. The molecule has 3 rings (SSSR count). The van der Waals surface area contributed by atoms with Crippen LogP contribution in [0, 0.1) is 6.92 Å². The molecule has 0 bridgehead atoms. The van der Waals surface area contributed by atoms with Crippen molar-refractivity contribution >= 4 is 49.2 Å². The van der Waals surface area contributed by atoms with E-state index in [1.165, 1.54) is 13.3 Å². The van der Waals surface area contributed by atoms with E-state index < -0.39 is 12.7 Å². The molecule has 0 aromatic heterocycles. The number of aldehydes is 1. The number of carbonyl (C=O) groups is 3. The van der Waals surface area contributed by atoms with Gasteiger partial charge in [0.1, 0.15) is 12.3 Å². The molecule has 1 amide bonds. The first-order valence-electron chi connectivity index (χ1n) is 16.7. The van der Waals surface area contributed by atoms with Crippen molar-refractivity contribution in [1.29, 1.82) is 0 Å². The number of likely N-dealkylation sites (tertiary alicyclic amines) is 1. The van der Waals surface area contributed by atoms with Gasteiger partial charge in [-0.2, -0.15) is 8.78 Å². The molecule has 274 valence electrons. The molecule has 15 heteroatoms. The fourth-order valence-electron chi connectivity index (χ4n) is 6.15. The smallest absolute Gasteiger partial charge is 0.387 e. The number of nitrogens with two attached hydrogens (primary N) is 1. The SMILES string of the molecule is C=N/C=C(\C=NC1CCN(SCCCN2CCC(c3cc(OC=O)c(N(C)C(CCC=O)C(=O)NC)cc3C)CC2)CC1)OC(F)F.CN. The topological polar surface area (TPSA) is 142 Å². The summed E-state index contributed by atoms with van der Waals surface area (Å²) in [5.41, 5.74) is 7.36. The molecule has 0 spiro atoms. The van der Waals surface area contributed by atoms with Gasteiger partial charge in [-0.05, 0) is 108 Å². The molecular weight excluding hydrogens is 656 g/mol. The molecule has 0 radical (unpaired) electrons. The Kier molecular flexibility index (Phi) is 19.7. The van der Waals surface area contributed by atoms with Gasteiger partial charge in [0.2, 0.25) is 5.91 Å². The summed E-state index contributed by atoms with van der Waals surface area (Å²) in [6.07, 6.45) is 8.62. The Balaban J connectivity index is 0.00000409. The molecular formula is C34H53F2N7O5S. The highest BCUT2D eigenvalue weighted by atomic mass is 32.2. The Morgan fingerprint density at radius 1 is 1.18 bits per heavy atom. The number of aliphatic imine (C=N–C) groups is 2. The number of hydrogen-bond donors (Lipinski definition) is 2. The molecule has 1 atom stereocenters. The number of hydrogen-bond acceptors (Lipinski definition) is 12. The van der Waals surface area contributed by atoms with Crippen LogP contribution in [-0.4, -0.2) is 119 Å². The molecule has 2 aliphatic rings. The second kappa shape index (κ2) is 23.1. The number of halogens is 2. The number of ether oxygens (including phenoxy) is 2. The molecule has 0 saturated carbocycles. The zero-order valence-corrected chi connectivity index (χ0v) is 30.0. The molecule has 2 saturated heterocycles. The first-order valence-corrected chi connectivity index (χ1v) is 17.6. The maximum atomic E-state index is 12.6. The first kappa shape index (κ1) is 41.8. The molecule has 1 aromatic carbocycles. The van der Waals surface area contributed by atoms with Crippen molar-refractivity contribution in [3.63, 3.8) is 0 Å². The molecule has 2 fully saturated rings. The second-order valence-electron chi connectivity index (χ2n) is 11.7. The van der Waals surface area contributed by atoms with E-state index in [4.69, 9.17) is 4.74 Å². The van der Waals surface area contributed by atoms with Crippen molar-refractivity contribution in [3.8, 4) is 5.75 Å². The van der Waals surface area contributed by atoms with Crippen molar-refractivity contribution in [2.45, 2.75) is 76.5 Å². The molecule has 2 heterocycles. The third kappa shape index (κ3) is 13.8. The standard InChI is InChI=1S/C33H48F2N6O5S.CH5N/c1-24-19-30(39(4)29(7-5-17-42)32(44)37-3)31(45-23-43)20-28(24)25-8-13-40(14-9-25)12-6-18-47-41-15-10-26(11-16-41)38-22-27(21-36-2)46-33(34)35;1-2/h17,19-23,25-26,29,33H,2,5-16,18H2,1,3-4H3,(H,37,44);2H2,1H3/b27-21+,38-22?;. The van der Waals surface area contributed by atoms with Gasteiger partial charge >= 0.3 is 6.61 Å². The predicted molar refractivity (Wildman–Crippen MR) is 193 cm³/mol. The van der Waals surface area contributed by atoms with Gasteiger partial charge in [-0.3, -0.25) is 23.9 Å². The van der Waals surface area contributed by atoms with Crippen molar-refractivity contribution in [3.05, 3.63) is 35.2 Å². The minimum absolute atomic E-state index is 0.0670. The summed E-state index contributed by atoms with van der Waals surface area (Å²) >= 11 is 1.86. The van der Waals surface area contributed by atoms with Crippen LogP contribution in [0.4, 0.5) is 14.5 Å². The van der Waals surface area contributed by atoms with Crippen molar-refractivity contribution in [2.75, 3.05) is 64.5 Å². The Labute approximate surface area is 293 Å². The van der Waals surface area contributed by atoms with E-state index in [1.807, 2.05) is 31.0 Å². The number of aryl methyl sites for hydroxylation is 1. The lowest BCUT2D eigenvalue weighted by Crippen LogP contribution is -2.44. The van der Waals surface area contributed by atoms with E-state index in [2.05, 4.69) is 41.7 Å². The van der Waals surface area contributed by atoms with E-state index in [9.17, 15) is 23.2 Å². The average molecular weight is 710 g/mol. The molecule has 3 N–H and O–H groups in total. The molecule has 12 nitrogen and oxygen atoms in total. The summed E-state index contributed by atoms with van der Waals surface area (Å²) in [5.74, 6) is 1.47. The highest BCUT2D eigenvalue weighted by Crippen LogP contribution is 2.38. The number of carbonyl (C=O) groups excluding carboxylic acids is 3. The third-order valence-electron chi connectivity index (χ3n) is 8.68. The van der Waals surface area contributed by atoms with E-state index >= 15 is 0 Å². The molecule has 1 aromatic rings. The Morgan fingerprint density at radius 2 is 1.88 bits per heavy atom. The number of alkyl halides is 2. The molecule has 0 aliphatic carbocycles. The van der Waals surface area contributed by atoms with Crippen molar-refractivity contribution < 1.29 is 32.6 Å². The van der Waals surface area contributed by atoms with E-state index in [0.717, 1.165) is 94.2 Å². The molecule has 49 heavy (non-hydrogen) atoms. The van der Waals surface area contributed by atoms with Crippen LogP contribution in [0.15, 0.2) is 34.1 Å². The van der Waals surface area contributed by atoms with Crippen LogP contribution in [0.25, 0.3) is 0 Å². The number of benzene rings is 1. The lowest BCUT2D eigenvalue weighted by Gasteiger charge is -2.34. The van der Waals surface area contributed by atoms with Crippen LogP contribution in [-0.2, 0) is 19.1 Å². The van der Waals surface area contributed by atoms with E-state index in [1.54, 1.807) is 19.0 Å². The lowest BCUT2D eigenvalue weighted by atomic mass is 9.86. The van der Waals surface area contributed by atoms with Crippen molar-refractivity contribution in [1.82, 2.24) is 14.5 Å². The fraction of sp³-hybridized carbons (Fsp3) is 0.618. The van der Waals surface area contributed by atoms with Crippen LogP contribution in [0.1, 0.15) is 62.0 Å². The van der Waals surface area contributed by atoms with Gasteiger partial charge in [-0.25, -0.2) is 0 Å². The average Bonchev–Trinajstić information content (AvgIpc) is 3.11. The maximum absolute atomic E-state index is 12.6. The minimum Gasteiger partial charge on any atom is -0.432 e. The van der Waals surface area contributed by atoms with Gasteiger partial charge in [0.25, 0.3) is 6.47 Å². The zero-order valence-electron chi connectivity index (χ0n) is 29.2. The van der Waals surface area contributed by atoms with Gasteiger partial charge in [0.05, 0.1) is 24.1 Å². The van der Waals surface area contributed by atoms with Crippen molar-refractivity contribution in [2.24, 2.45) is 15.7 Å². The minimum atomic E-state index is -2.93. The van der Waals surface area contributed by atoms with Crippen LogP contribution in [0.3, 0.4) is 0 Å². The van der Waals surface area contributed by atoms with Gasteiger partial charge in [0, 0.05) is 39.4 Å². The summed E-state index contributed by atoms with van der Waals surface area (Å²) in [6, 6.07) is 3.40. The Morgan fingerprint density at radius 3 is 2.47 bits per heavy atom. The number of allylic oxidation sites excluding steroid dienone is 1. The maximum Gasteiger partial charge on any atom is 0.387 e. The zero-order chi connectivity index (χ0) is 36.2. The predicted octanol–water partition coefficient (Wildman–Crippen LogP) is 4.17. The third-order valence-corrected chi connectivity index (χ3v) is 9.88. The van der Waals surface area contributed by atoms with Crippen LogP contribution < -0.4 is 20.7 Å². The summed E-state index contributed by atoms with van der Waals surface area (Å²) in [6.45, 7) is 7.59. The Bertz CT molecular complexity index is 1240. The van der Waals surface area contributed by atoms with E-state index in [0.29, 0.717) is 30.2 Å². The van der Waals surface area contributed by atoms with Gasteiger partial charge in [-0.1, -0.05) is 11.9 Å². The van der Waals surface area contributed by atoms with Gasteiger partial charge < -0.3 is 35.1 Å². The quantitative estimate of drug-likeness (QED) is 0.0707. The van der Waals surface area contributed by atoms with Crippen LogP contribution in [0.5, 0.6) is 5.75 Å². The van der Waals surface area contributed by atoms with Gasteiger partial charge in [0.15, 0.2) is 11.5 Å². The number of amides is 1. The lowest BCUT2D eigenvalue weighted by molar-refractivity contribution is -0.122. The Hall–Kier alpha value is -3.40. The highest BCUT2D eigenvalue weighted by Gasteiger charge is 2.28. The first-order chi connectivity index (χ1) is 23.7. The van der Waals surface area contributed by atoms with E-state index in [-0.39, 0.29) is 24.1 Å². The summed E-state index contributed by atoms with van der Waals surface area (Å²) < 4.78 is 37.2. The fourth-order valence-corrected chi connectivity index (χ4v) is 7.13.